The summed E-state index contributed by atoms with van der Waals surface area (Å²) in [5, 5.41) is 10.5. The van der Waals surface area contributed by atoms with E-state index in [1.54, 1.807) is 7.11 Å². The third-order valence-electron chi connectivity index (χ3n) is 5.77. The summed E-state index contributed by atoms with van der Waals surface area (Å²) in [5.41, 5.74) is 3.25. The summed E-state index contributed by atoms with van der Waals surface area (Å²) >= 11 is 0. The van der Waals surface area contributed by atoms with Gasteiger partial charge >= 0.3 is 0 Å². The van der Waals surface area contributed by atoms with E-state index in [0.29, 0.717) is 5.75 Å². The standard InChI is InChI=1S/C18H21NO5/c1-19-4-3-9-5-14(21-2)17-15(16(9)19)10-6-12-13(23-8-22-12)7-11(10)18(20)24-17/h5-7,14-18,20H,3-4,8H2,1-2H3/t14-,15-,16-,17-,18-/m1/s1. The average Bonchev–Trinajstić information content (AvgIpc) is 3.19. The Bertz CT molecular complexity index is 718. The van der Waals surface area contributed by atoms with Gasteiger partial charge in [-0.25, -0.2) is 0 Å². The molecule has 6 nitrogen and oxygen atoms in total. The number of rotatable bonds is 1. The third-order valence-corrected chi connectivity index (χ3v) is 5.77. The zero-order valence-corrected chi connectivity index (χ0v) is 13.8. The minimum absolute atomic E-state index is 0.107. The van der Waals surface area contributed by atoms with Gasteiger partial charge in [-0.2, -0.15) is 0 Å². The van der Waals surface area contributed by atoms with Crippen LogP contribution in [0.3, 0.4) is 0 Å². The zero-order valence-electron chi connectivity index (χ0n) is 13.8. The summed E-state index contributed by atoms with van der Waals surface area (Å²) in [5.74, 6) is 1.52. The number of benzene rings is 1. The molecule has 0 amide bonds. The van der Waals surface area contributed by atoms with Crippen LogP contribution < -0.4 is 9.47 Å². The fourth-order valence-electron chi connectivity index (χ4n) is 4.66. The first-order chi connectivity index (χ1) is 11.7. The van der Waals surface area contributed by atoms with Crippen molar-refractivity contribution in [3.05, 3.63) is 34.9 Å². The lowest BCUT2D eigenvalue weighted by Gasteiger charge is -2.46. The maximum absolute atomic E-state index is 10.5. The molecule has 3 heterocycles. The van der Waals surface area contributed by atoms with Crippen LogP contribution in [0.4, 0.5) is 0 Å². The molecule has 24 heavy (non-hydrogen) atoms. The van der Waals surface area contributed by atoms with Gasteiger partial charge in [-0.15, -0.1) is 0 Å². The lowest BCUT2D eigenvalue weighted by molar-refractivity contribution is -0.189. The van der Waals surface area contributed by atoms with E-state index in [1.165, 1.54) is 5.57 Å². The van der Waals surface area contributed by atoms with Gasteiger partial charge in [0, 0.05) is 31.2 Å². The molecule has 3 aliphatic heterocycles. The summed E-state index contributed by atoms with van der Waals surface area (Å²) in [6, 6.07) is 4.14. The molecule has 1 aromatic carbocycles. The molecular weight excluding hydrogens is 310 g/mol. The highest BCUT2D eigenvalue weighted by molar-refractivity contribution is 5.53. The van der Waals surface area contributed by atoms with Crippen molar-refractivity contribution in [3.63, 3.8) is 0 Å². The zero-order chi connectivity index (χ0) is 16.4. The number of likely N-dealkylation sites (N-methyl/N-ethyl adjacent to an activating group) is 1. The molecule has 1 saturated heterocycles. The summed E-state index contributed by atoms with van der Waals surface area (Å²) in [6.07, 6.45) is 1.88. The molecule has 0 saturated carbocycles. The predicted molar refractivity (Wildman–Crippen MR) is 85.1 cm³/mol. The highest BCUT2D eigenvalue weighted by atomic mass is 16.7. The van der Waals surface area contributed by atoms with Crippen LogP contribution in [0.2, 0.25) is 0 Å². The maximum Gasteiger partial charge on any atom is 0.231 e. The van der Waals surface area contributed by atoms with Crippen LogP contribution in [0.1, 0.15) is 29.8 Å². The van der Waals surface area contributed by atoms with Crippen LogP contribution in [-0.4, -0.2) is 55.8 Å². The fourth-order valence-corrected chi connectivity index (χ4v) is 4.66. The van der Waals surface area contributed by atoms with Crippen LogP contribution >= 0.6 is 0 Å². The molecule has 1 aliphatic carbocycles. The van der Waals surface area contributed by atoms with Crippen molar-refractivity contribution in [2.75, 3.05) is 27.5 Å². The summed E-state index contributed by atoms with van der Waals surface area (Å²) < 4.78 is 22.7. The van der Waals surface area contributed by atoms with Crippen LogP contribution in [0.25, 0.3) is 0 Å². The van der Waals surface area contributed by atoms with E-state index >= 15 is 0 Å². The Hall–Kier alpha value is -1.60. The van der Waals surface area contributed by atoms with E-state index in [9.17, 15) is 5.11 Å². The highest BCUT2D eigenvalue weighted by Gasteiger charge is 2.50. The van der Waals surface area contributed by atoms with Gasteiger partial charge in [0.25, 0.3) is 0 Å². The molecule has 0 aromatic heterocycles. The predicted octanol–water partition coefficient (Wildman–Crippen LogP) is 1.55. The van der Waals surface area contributed by atoms with Crippen molar-refractivity contribution < 1.29 is 24.1 Å². The molecule has 1 aromatic rings. The number of nitrogens with zero attached hydrogens (tertiary/aromatic N) is 1. The van der Waals surface area contributed by atoms with E-state index in [0.717, 1.165) is 29.8 Å². The van der Waals surface area contributed by atoms with Crippen LogP contribution in [0, 0.1) is 0 Å². The first-order valence-electron chi connectivity index (χ1n) is 8.38. The molecule has 0 bridgehead atoms. The number of aliphatic hydroxyl groups is 1. The maximum atomic E-state index is 10.5. The number of fused-ring (bicyclic) bond motifs is 6. The number of methoxy groups -OCH3 is 1. The second-order valence-corrected chi connectivity index (χ2v) is 6.93. The van der Waals surface area contributed by atoms with Gasteiger partial charge in [0.15, 0.2) is 17.8 Å². The van der Waals surface area contributed by atoms with Crippen molar-refractivity contribution in [2.24, 2.45) is 0 Å². The van der Waals surface area contributed by atoms with Gasteiger partial charge in [0.05, 0.1) is 6.10 Å². The first-order valence-corrected chi connectivity index (χ1v) is 8.38. The number of likely N-dealkylation sites (tertiary alicyclic amines) is 1. The highest BCUT2D eigenvalue weighted by Crippen LogP contribution is 2.51. The van der Waals surface area contributed by atoms with Crippen molar-refractivity contribution in [2.45, 2.75) is 36.9 Å². The van der Waals surface area contributed by atoms with Crippen LogP contribution in [0.15, 0.2) is 23.8 Å². The Balaban J connectivity index is 1.68. The Morgan fingerprint density at radius 1 is 1.21 bits per heavy atom. The molecule has 4 aliphatic rings. The van der Waals surface area contributed by atoms with Gasteiger partial charge in [-0.05, 0) is 31.2 Å². The van der Waals surface area contributed by atoms with Gasteiger partial charge in [0.1, 0.15) is 6.10 Å². The van der Waals surface area contributed by atoms with E-state index in [1.807, 2.05) is 12.1 Å². The van der Waals surface area contributed by atoms with Gasteiger partial charge in [-0.3, -0.25) is 4.90 Å². The average molecular weight is 331 g/mol. The Morgan fingerprint density at radius 2 is 1.96 bits per heavy atom. The Labute approximate surface area is 140 Å². The number of ether oxygens (including phenoxy) is 4. The topological polar surface area (TPSA) is 60.4 Å². The molecule has 1 fully saturated rings. The molecule has 128 valence electrons. The van der Waals surface area contributed by atoms with Crippen molar-refractivity contribution >= 4 is 0 Å². The fraction of sp³-hybridized carbons (Fsp3) is 0.556. The monoisotopic (exact) mass is 331 g/mol. The van der Waals surface area contributed by atoms with E-state index in [2.05, 4.69) is 18.0 Å². The largest absolute Gasteiger partial charge is 0.454 e. The minimum atomic E-state index is -0.977. The molecular formula is C18H21NO5. The lowest BCUT2D eigenvalue weighted by atomic mass is 9.73. The summed E-state index contributed by atoms with van der Waals surface area (Å²) in [6.45, 7) is 1.25. The van der Waals surface area contributed by atoms with Crippen molar-refractivity contribution in [1.82, 2.24) is 4.90 Å². The van der Waals surface area contributed by atoms with Gasteiger partial charge < -0.3 is 24.1 Å². The minimum Gasteiger partial charge on any atom is -0.454 e. The number of hydrogen-bond donors (Lipinski definition) is 1. The second-order valence-electron chi connectivity index (χ2n) is 6.93. The van der Waals surface area contributed by atoms with Crippen LogP contribution in [0.5, 0.6) is 11.5 Å². The van der Waals surface area contributed by atoms with Crippen LogP contribution in [-0.2, 0) is 9.47 Å². The van der Waals surface area contributed by atoms with E-state index in [-0.39, 0.29) is 31.0 Å². The normalized spacial score (nSPS) is 36.8. The third kappa shape index (κ3) is 1.91. The molecule has 5 rings (SSSR count). The van der Waals surface area contributed by atoms with Crippen molar-refractivity contribution in [3.8, 4) is 11.5 Å². The molecule has 1 N–H and O–H groups in total. The Morgan fingerprint density at radius 3 is 2.71 bits per heavy atom. The van der Waals surface area contributed by atoms with E-state index < -0.39 is 6.29 Å². The quantitative estimate of drug-likeness (QED) is 0.788. The number of hydrogen-bond acceptors (Lipinski definition) is 6. The summed E-state index contributed by atoms with van der Waals surface area (Å²) in [7, 11) is 3.84. The molecule has 0 spiro atoms. The van der Waals surface area contributed by atoms with Crippen molar-refractivity contribution in [1.29, 1.82) is 0 Å². The first kappa shape index (κ1) is 14.7. The molecule has 0 radical (unpaired) electrons. The van der Waals surface area contributed by atoms with Gasteiger partial charge in [0.2, 0.25) is 6.79 Å². The van der Waals surface area contributed by atoms with Gasteiger partial charge in [-0.1, -0.05) is 11.6 Å². The summed E-state index contributed by atoms with van der Waals surface area (Å²) in [4.78, 5) is 2.37. The second kappa shape index (κ2) is 5.20. The molecule has 5 atom stereocenters. The van der Waals surface area contributed by atoms with E-state index in [4.69, 9.17) is 18.9 Å². The molecule has 0 unspecified atom stereocenters. The Kier molecular flexibility index (Phi) is 3.19. The lowest BCUT2D eigenvalue weighted by Crippen LogP contribution is -2.50. The number of aliphatic hydroxyl groups excluding tert-OH is 1. The smallest absolute Gasteiger partial charge is 0.231 e. The molecule has 6 heteroatoms. The SMILES string of the molecule is CO[C@@H]1C=C2CCN(C)[C@H]2[C@H]2c3cc4c(cc3[C@H](O)O[C@@H]21)OCO4.